The molecule has 0 aliphatic carbocycles. The molecule has 2 heterocycles. The summed E-state index contributed by atoms with van der Waals surface area (Å²) in [6, 6.07) is 0.176. The van der Waals surface area contributed by atoms with E-state index in [1.807, 2.05) is 7.05 Å². The summed E-state index contributed by atoms with van der Waals surface area (Å²) in [4.78, 5) is 11.2. The molecule has 2 rings (SSSR count). The molecule has 112 valence electrons. The fourth-order valence-electron chi connectivity index (χ4n) is 2.99. The topological polar surface area (TPSA) is 61.3 Å². The van der Waals surface area contributed by atoms with E-state index >= 15 is 0 Å². The van der Waals surface area contributed by atoms with Gasteiger partial charge in [0.25, 0.3) is 0 Å². The second-order valence-corrected chi connectivity index (χ2v) is 5.74. The van der Waals surface area contributed by atoms with E-state index in [0.717, 1.165) is 36.6 Å². The Morgan fingerprint density at radius 3 is 2.80 bits per heavy atom. The lowest BCUT2D eigenvalue weighted by Crippen LogP contribution is -2.39. The van der Waals surface area contributed by atoms with Crippen LogP contribution < -0.4 is 10.2 Å². The van der Waals surface area contributed by atoms with Crippen LogP contribution in [0.4, 0.5) is 11.6 Å². The summed E-state index contributed by atoms with van der Waals surface area (Å²) in [5, 5.41) is 12.9. The number of nitrogens with zero attached hydrogens (tertiary/aromatic N) is 3. The van der Waals surface area contributed by atoms with Crippen molar-refractivity contribution in [2.45, 2.75) is 51.5 Å². The number of aliphatic hydroxyl groups is 1. The first kappa shape index (κ1) is 15.0. The molecule has 0 radical (unpaired) electrons. The van der Waals surface area contributed by atoms with Gasteiger partial charge in [-0.05, 0) is 18.8 Å². The first-order valence-corrected chi connectivity index (χ1v) is 7.59. The number of aromatic nitrogens is 2. The second kappa shape index (κ2) is 6.88. The summed E-state index contributed by atoms with van der Waals surface area (Å²) in [6.45, 7) is 5.48. The Kier molecular flexibility index (Phi) is 5.17. The minimum Gasteiger partial charge on any atom is -0.394 e. The number of nitrogens with one attached hydrogen (secondary N) is 1. The Hall–Kier alpha value is -1.36. The lowest BCUT2D eigenvalue weighted by atomic mass is 10.0. The van der Waals surface area contributed by atoms with Crippen LogP contribution >= 0.6 is 0 Å². The van der Waals surface area contributed by atoms with Gasteiger partial charge in [-0.15, -0.1) is 0 Å². The maximum absolute atomic E-state index is 9.70. The SMILES string of the molecule is CNc1ncnc(N2CCCCCC2CO)c1C(C)C. The fourth-order valence-corrected chi connectivity index (χ4v) is 2.99. The molecular weight excluding hydrogens is 252 g/mol. The van der Waals surface area contributed by atoms with E-state index in [0.29, 0.717) is 5.92 Å². The summed E-state index contributed by atoms with van der Waals surface area (Å²) in [7, 11) is 1.89. The Labute approximate surface area is 121 Å². The van der Waals surface area contributed by atoms with Gasteiger partial charge in [0.2, 0.25) is 0 Å². The van der Waals surface area contributed by atoms with Crippen LogP contribution in [0.3, 0.4) is 0 Å². The van der Waals surface area contributed by atoms with Gasteiger partial charge < -0.3 is 15.3 Å². The van der Waals surface area contributed by atoms with Crippen molar-refractivity contribution >= 4 is 11.6 Å². The average Bonchev–Trinajstić information content (AvgIpc) is 2.71. The van der Waals surface area contributed by atoms with E-state index in [2.05, 4.69) is 34.0 Å². The summed E-state index contributed by atoms with van der Waals surface area (Å²) in [5.41, 5.74) is 1.15. The number of anilines is 2. The minimum absolute atomic E-state index is 0.176. The van der Waals surface area contributed by atoms with Crippen LogP contribution in [-0.2, 0) is 0 Å². The molecule has 1 aliphatic rings. The highest BCUT2D eigenvalue weighted by molar-refractivity contribution is 5.60. The van der Waals surface area contributed by atoms with Crippen molar-refractivity contribution in [1.82, 2.24) is 9.97 Å². The highest BCUT2D eigenvalue weighted by Crippen LogP contribution is 2.33. The van der Waals surface area contributed by atoms with Crippen LogP contribution in [0.25, 0.3) is 0 Å². The molecule has 1 aromatic rings. The average molecular weight is 278 g/mol. The zero-order chi connectivity index (χ0) is 14.5. The Balaban J connectivity index is 2.43. The fraction of sp³-hybridized carbons (Fsp3) is 0.733. The van der Waals surface area contributed by atoms with Gasteiger partial charge in [0.1, 0.15) is 18.0 Å². The summed E-state index contributed by atoms with van der Waals surface area (Å²) in [6.07, 6.45) is 6.23. The van der Waals surface area contributed by atoms with E-state index in [-0.39, 0.29) is 12.6 Å². The molecule has 0 spiro atoms. The third-order valence-electron chi connectivity index (χ3n) is 4.04. The highest BCUT2D eigenvalue weighted by Gasteiger charge is 2.26. The Morgan fingerprint density at radius 2 is 2.15 bits per heavy atom. The van der Waals surface area contributed by atoms with Crippen molar-refractivity contribution in [1.29, 1.82) is 0 Å². The highest BCUT2D eigenvalue weighted by atomic mass is 16.3. The van der Waals surface area contributed by atoms with Crippen LogP contribution in [0.15, 0.2) is 6.33 Å². The Morgan fingerprint density at radius 1 is 1.35 bits per heavy atom. The smallest absolute Gasteiger partial charge is 0.137 e. The summed E-state index contributed by atoms with van der Waals surface area (Å²) >= 11 is 0. The molecule has 0 bridgehead atoms. The molecule has 0 amide bonds. The normalized spacial score (nSPS) is 20.1. The van der Waals surface area contributed by atoms with Gasteiger partial charge in [0, 0.05) is 19.2 Å². The Bertz CT molecular complexity index is 436. The minimum atomic E-state index is 0.176. The molecule has 1 atom stereocenters. The van der Waals surface area contributed by atoms with Crippen molar-refractivity contribution in [3.8, 4) is 0 Å². The van der Waals surface area contributed by atoms with Crippen molar-refractivity contribution in [3.63, 3.8) is 0 Å². The van der Waals surface area contributed by atoms with E-state index in [1.54, 1.807) is 6.33 Å². The van der Waals surface area contributed by atoms with E-state index < -0.39 is 0 Å². The zero-order valence-corrected chi connectivity index (χ0v) is 12.8. The molecule has 0 aromatic carbocycles. The predicted octanol–water partition coefficient (Wildman–Crippen LogP) is 2.38. The lowest BCUT2D eigenvalue weighted by Gasteiger charge is -2.32. The number of hydrogen-bond donors (Lipinski definition) is 2. The zero-order valence-electron chi connectivity index (χ0n) is 12.8. The van der Waals surface area contributed by atoms with Crippen LogP contribution in [0.1, 0.15) is 51.0 Å². The predicted molar refractivity (Wildman–Crippen MR) is 82.4 cm³/mol. The maximum Gasteiger partial charge on any atom is 0.137 e. The molecule has 1 unspecified atom stereocenters. The molecule has 0 saturated carbocycles. The summed E-state index contributed by atoms with van der Waals surface area (Å²) < 4.78 is 0. The van der Waals surface area contributed by atoms with Crippen molar-refractivity contribution in [3.05, 3.63) is 11.9 Å². The van der Waals surface area contributed by atoms with Gasteiger partial charge in [-0.25, -0.2) is 9.97 Å². The van der Waals surface area contributed by atoms with Crippen LogP contribution in [0.2, 0.25) is 0 Å². The van der Waals surface area contributed by atoms with Crippen molar-refractivity contribution < 1.29 is 5.11 Å². The lowest BCUT2D eigenvalue weighted by molar-refractivity contribution is 0.254. The number of aliphatic hydroxyl groups excluding tert-OH is 1. The number of hydrogen-bond acceptors (Lipinski definition) is 5. The summed E-state index contributed by atoms with van der Waals surface area (Å²) in [5.74, 6) is 2.22. The van der Waals surface area contributed by atoms with Gasteiger partial charge in [-0.1, -0.05) is 26.7 Å². The first-order chi connectivity index (χ1) is 9.69. The van der Waals surface area contributed by atoms with Crippen molar-refractivity contribution in [2.75, 3.05) is 30.4 Å². The molecule has 1 fully saturated rings. The standard InChI is InChI=1S/C15H26N4O/c1-11(2)13-14(16-3)17-10-18-15(13)19-8-6-4-5-7-12(19)9-20/h10-12,20H,4-9H2,1-3H3,(H,16,17,18). The second-order valence-electron chi connectivity index (χ2n) is 5.74. The van der Waals surface area contributed by atoms with Gasteiger partial charge in [0.15, 0.2) is 0 Å². The monoisotopic (exact) mass is 278 g/mol. The first-order valence-electron chi connectivity index (χ1n) is 7.59. The third kappa shape index (κ3) is 3.03. The largest absolute Gasteiger partial charge is 0.394 e. The molecule has 1 saturated heterocycles. The molecule has 2 N–H and O–H groups in total. The van der Waals surface area contributed by atoms with E-state index in [9.17, 15) is 5.11 Å². The third-order valence-corrected chi connectivity index (χ3v) is 4.04. The number of rotatable bonds is 4. The molecule has 1 aromatic heterocycles. The van der Waals surface area contributed by atoms with Crippen molar-refractivity contribution in [2.24, 2.45) is 0 Å². The molecular formula is C15H26N4O. The molecule has 1 aliphatic heterocycles. The van der Waals surface area contributed by atoms with E-state index in [1.165, 1.54) is 12.8 Å². The van der Waals surface area contributed by atoms with Crippen LogP contribution in [-0.4, -0.2) is 41.3 Å². The quantitative estimate of drug-likeness (QED) is 0.885. The van der Waals surface area contributed by atoms with E-state index in [4.69, 9.17) is 0 Å². The molecule has 5 heteroatoms. The van der Waals surface area contributed by atoms with Gasteiger partial charge >= 0.3 is 0 Å². The molecule has 20 heavy (non-hydrogen) atoms. The van der Waals surface area contributed by atoms with Crippen LogP contribution in [0.5, 0.6) is 0 Å². The van der Waals surface area contributed by atoms with Gasteiger partial charge in [0.05, 0.1) is 12.6 Å². The molecule has 5 nitrogen and oxygen atoms in total. The van der Waals surface area contributed by atoms with Gasteiger partial charge in [-0.2, -0.15) is 0 Å². The van der Waals surface area contributed by atoms with Gasteiger partial charge in [-0.3, -0.25) is 0 Å². The maximum atomic E-state index is 9.70. The van der Waals surface area contributed by atoms with Crippen LogP contribution in [0, 0.1) is 0 Å².